The third-order valence-electron chi connectivity index (χ3n) is 6.64. The molecule has 7 nitrogen and oxygen atoms in total. The van der Waals surface area contributed by atoms with Crippen LogP contribution >= 0.6 is 0 Å². The van der Waals surface area contributed by atoms with Gasteiger partial charge in [-0.15, -0.1) is 0 Å². The van der Waals surface area contributed by atoms with Crippen LogP contribution in [-0.2, 0) is 4.79 Å². The van der Waals surface area contributed by atoms with Gasteiger partial charge in [-0.1, -0.05) is 30.3 Å². The average molecular weight is 436 g/mol. The monoisotopic (exact) mass is 435 g/mol. The van der Waals surface area contributed by atoms with Gasteiger partial charge < -0.3 is 9.47 Å². The van der Waals surface area contributed by atoms with E-state index in [9.17, 15) is 9.59 Å². The highest BCUT2D eigenvalue weighted by molar-refractivity contribution is 6.12. The van der Waals surface area contributed by atoms with E-state index in [0.717, 1.165) is 26.1 Å². The minimum absolute atomic E-state index is 0.0508. The number of imide groups is 1. The molecule has 0 bridgehead atoms. The van der Waals surface area contributed by atoms with Gasteiger partial charge in [-0.25, -0.2) is 4.79 Å². The van der Waals surface area contributed by atoms with Crippen LogP contribution in [0.15, 0.2) is 48.5 Å². The second-order valence-corrected chi connectivity index (χ2v) is 8.69. The number of nitrogens with zero attached hydrogens (tertiary/aromatic N) is 3. The van der Waals surface area contributed by atoms with Gasteiger partial charge in [0, 0.05) is 30.3 Å². The van der Waals surface area contributed by atoms with Gasteiger partial charge in [-0.2, -0.15) is 0 Å². The molecule has 0 aromatic heterocycles. The molecule has 1 saturated carbocycles. The number of methoxy groups -OCH3 is 1. The predicted octanol–water partition coefficient (Wildman–Crippen LogP) is 3.49. The van der Waals surface area contributed by atoms with Crippen molar-refractivity contribution in [2.75, 3.05) is 44.8 Å². The number of hydrogen-bond donors (Lipinski definition) is 0. The molecular weight excluding hydrogens is 406 g/mol. The van der Waals surface area contributed by atoms with Crippen LogP contribution in [0.3, 0.4) is 0 Å². The maximum Gasteiger partial charge on any atom is 0.331 e. The summed E-state index contributed by atoms with van der Waals surface area (Å²) in [5.41, 5.74) is 1.82. The fourth-order valence-electron chi connectivity index (χ4n) is 4.80. The number of likely N-dealkylation sites (tertiary alicyclic amines) is 1. The Morgan fingerprint density at radius 3 is 2.53 bits per heavy atom. The highest BCUT2D eigenvalue weighted by Gasteiger charge is 2.52. The predicted molar refractivity (Wildman–Crippen MR) is 121 cm³/mol. The lowest BCUT2D eigenvalue weighted by molar-refractivity contribution is -0.125. The van der Waals surface area contributed by atoms with Gasteiger partial charge in [-0.05, 0) is 50.0 Å². The molecule has 2 saturated heterocycles. The molecule has 0 radical (unpaired) electrons. The molecule has 0 spiro atoms. The zero-order valence-corrected chi connectivity index (χ0v) is 18.4. The minimum Gasteiger partial charge on any atom is -0.493 e. The highest BCUT2D eigenvalue weighted by Crippen LogP contribution is 2.46. The summed E-state index contributed by atoms with van der Waals surface area (Å²) in [4.78, 5) is 31.2. The molecule has 7 heteroatoms. The molecule has 0 N–H and O–H groups in total. The Hall–Kier alpha value is -3.06. The van der Waals surface area contributed by atoms with Gasteiger partial charge >= 0.3 is 6.03 Å². The summed E-state index contributed by atoms with van der Waals surface area (Å²) in [6, 6.07) is 15.2. The fourth-order valence-corrected chi connectivity index (χ4v) is 4.80. The van der Waals surface area contributed by atoms with E-state index in [4.69, 9.17) is 9.47 Å². The first-order valence-electron chi connectivity index (χ1n) is 11.4. The third kappa shape index (κ3) is 4.05. The van der Waals surface area contributed by atoms with Gasteiger partial charge in [0.2, 0.25) is 0 Å². The van der Waals surface area contributed by atoms with Crippen LogP contribution in [0.2, 0.25) is 0 Å². The van der Waals surface area contributed by atoms with Gasteiger partial charge in [0.1, 0.15) is 13.2 Å². The van der Waals surface area contributed by atoms with Gasteiger partial charge in [0.05, 0.1) is 7.11 Å². The Labute approximate surface area is 188 Å². The van der Waals surface area contributed by atoms with Crippen molar-refractivity contribution in [1.82, 2.24) is 9.80 Å². The van der Waals surface area contributed by atoms with E-state index in [2.05, 4.69) is 17.0 Å². The Morgan fingerprint density at radius 1 is 1.00 bits per heavy atom. The molecule has 1 aliphatic carbocycles. The third-order valence-corrected chi connectivity index (χ3v) is 6.64. The number of ether oxygens (including phenoxy) is 2. The molecule has 168 valence electrons. The van der Waals surface area contributed by atoms with Crippen molar-refractivity contribution >= 4 is 17.6 Å². The first kappa shape index (κ1) is 20.8. The molecule has 3 fully saturated rings. The first-order valence-corrected chi connectivity index (χ1v) is 11.4. The number of amides is 3. The normalized spacial score (nSPS) is 23.2. The summed E-state index contributed by atoms with van der Waals surface area (Å²) < 4.78 is 11.5. The van der Waals surface area contributed by atoms with Gasteiger partial charge in [0.15, 0.2) is 11.5 Å². The van der Waals surface area contributed by atoms with Crippen molar-refractivity contribution in [3.63, 3.8) is 0 Å². The van der Waals surface area contributed by atoms with E-state index in [-0.39, 0.29) is 30.4 Å². The summed E-state index contributed by atoms with van der Waals surface area (Å²) in [5.74, 6) is 1.29. The van der Waals surface area contributed by atoms with Crippen LogP contribution < -0.4 is 14.4 Å². The maximum atomic E-state index is 13.1. The van der Waals surface area contributed by atoms with Gasteiger partial charge in [0.25, 0.3) is 5.91 Å². The van der Waals surface area contributed by atoms with Crippen LogP contribution in [0.1, 0.15) is 30.7 Å². The lowest BCUT2D eigenvalue weighted by atomic mass is 10.1. The number of rotatable bonds is 8. The fraction of sp³-hybridized carbons (Fsp3) is 0.440. The summed E-state index contributed by atoms with van der Waals surface area (Å²) in [5, 5.41) is 0. The van der Waals surface area contributed by atoms with Crippen molar-refractivity contribution < 1.29 is 19.1 Å². The van der Waals surface area contributed by atoms with Crippen LogP contribution in [-0.4, -0.2) is 67.7 Å². The number of carbonyl (C=O) groups excluding carboxylic acids is 2. The van der Waals surface area contributed by atoms with Crippen LogP contribution in [0.25, 0.3) is 0 Å². The molecule has 3 amide bonds. The molecule has 32 heavy (non-hydrogen) atoms. The van der Waals surface area contributed by atoms with E-state index in [1.54, 1.807) is 13.2 Å². The van der Waals surface area contributed by atoms with Crippen molar-refractivity contribution in [3.05, 3.63) is 54.1 Å². The Balaban J connectivity index is 1.25. The van der Waals surface area contributed by atoms with Crippen LogP contribution in [0, 0.1) is 0 Å². The zero-order chi connectivity index (χ0) is 22.1. The Bertz CT molecular complexity index is 990. The largest absolute Gasteiger partial charge is 0.493 e. The van der Waals surface area contributed by atoms with E-state index in [0.29, 0.717) is 23.8 Å². The number of urea groups is 1. The molecule has 0 unspecified atom stereocenters. The Kier molecular flexibility index (Phi) is 5.74. The summed E-state index contributed by atoms with van der Waals surface area (Å²) in [7, 11) is 1.59. The number of anilines is 1. The number of hydrogen-bond acceptors (Lipinski definition) is 5. The van der Waals surface area contributed by atoms with E-state index < -0.39 is 0 Å². The van der Waals surface area contributed by atoms with Crippen molar-refractivity contribution in [1.29, 1.82) is 0 Å². The van der Waals surface area contributed by atoms with Crippen molar-refractivity contribution in [2.45, 2.75) is 31.2 Å². The highest BCUT2D eigenvalue weighted by atomic mass is 16.5. The lowest BCUT2D eigenvalue weighted by Gasteiger charge is -2.20. The van der Waals surface area contributed by atoms with E-state index in [1.165, 1.54) is 28.2 Å². The van der Waals surface area contributed by atoms with Crippen molar-refractivity contribution in [3.8, 4) is 11.5 Å². The van der Waals surface area contributed by atoms with Crippen molar-refractivity contribution in [2.24, 2.45) is 0 Å². The molecule has 2 aromatic carbocycles. The van der Waals surface area contributed by atoms with Crippen LogP contribution in [0.5, 0.6) is 11.5 Å². The molecule has 2 atom stereocenters. The number of benzene rings is 2. The average Bonchev–Trinajstić information content (AvgIpc) is 3.29. The lowest BCUT2D eigenvalue weighted by Crippen LogP contribution is -2.35. The first-order chi connectivity index (χ1) is 15.7. The summed E-state index contributed by atoms with van der Waals surface area (Å²) in [6.07, 6.45) is 3.33. The maximum absolute atomic E-state index is 13.1. The number of carbonyl (C=O) groups is 2. The molecule has 3 aliphatic rings. The minimum atomic E-state index is -0.261. The molecule has 5 rings (SSSR count). The summed E-state index contributed by atoms with van der Waals surface area (Å²) in [6.45, 7) is 3.80. The van der Waals surface area contributed by atoms with Gasteiger partial charge in [-0.3, -0.25) is 19.5 Å². The zero-order valence-electron chi connectivity index (χ0n) is 18.4. The molecule has 2 aromatic rings. The topological polar surface area (TPSA) is 62.3 Å². The quantitative estimate of drug-likeness (QED) is 0.594. The van der Waals surface area contributed by atoms with E-state index >= 15 is 0 Å². The summed E-state index contributed by atoms with van der Waals surface area (Å²) >= 11 is 0. The SMILES string of the molecule is COc1cc(N2CC(=O)N([C@@H]3C[C@H]3c3ccccc3)C2=O)ccc1OCCN1CCCC1. The molecular formula is C25H29N3O4. The standard InChI is InChI=1S/C25H29N3O4/c1-31-23-15-19(9-10-22(23)32-14-13-26-11-5-6-12-26)27-17-24(29)28(25(27)30)21-16-20(21)18-7-3-2-4-8-18/h2-4,7-10,15,20-21H,5-6,11-14,16-17H2,1H3/t20-,21+/m0/s1. The molecule has 2 heterocycles. The smallest absolute Gasteiger partial charge is 0.331 e. The molecule has 2 aliphatic heterocycles. The second kappa shape index (κ2) is 8.82. The van der Waals surface area contributed by atoms with E-state index in [1.807, 2.05) is 30.3 Å². The Morgan fingerprint density at radius 2 is 1.78 bits per heavy atom. The van der Waals surface area contributed by atoms with Crippen LogP contribution in [0.4, 0.5) is 10.5 Å². The second-order valence-electron chi connectivity index (χ2n) is 8.69.